The lowest BCUT2D eigenvalue weighted by Crippen LogP contribution is -2.50. The second-order valence-electron chi connectivity index (χ2n) is 5.42. The Morgan fingerprint density at radius 3 is 2.72 bits per heavy atom. The van der Waals surface area contributed by atoms with Crippen molar-refractivity contribution in [3.8, 4) is 0 Å². The molecule has 3 N–H and O–H groups in total. The number of nitrogens with two attached hydrogens (primary N) is 1. The number of benzene rings is 1. The molecule has 0 radical (unpaired) electrons. The highest BCUT2D eigenvalue weighted by Crippen LogP contribution is 2.31. The van der Waals surface area contributed by atoms with E-state index in [1.807, 2.05) is 12.1 Å². The summed E-state index contributed by atoms with van der Waals surface area (Å²) in [7, 11) is 0. The topological polar surface area (TPSA) is 55.1 Å². The number of rotatable bonds is 5. The van der Waals surface area contributed by atoms with Crippen molar-refractivity contribution in [2.75, 3.05) is 6.54 Å². The molecule has 1 amide bonds. The van der Waals surface area contributed by atoms with Gasteiger partial charge in [0.05, 0.1) is 0 Å². The van der Waals surface area contributed by atoms with Crippen LogP contribution in [0.3, 0.4) is 0 Å². The zero-order chi connectivity index (χ0) is 13.0. The van der Waals surface area contributed by atoms with Crippen LogP contribution in [0.15, 0.2) is 24.3 Å². The molecule has 0 atom stereocenters. The van der Waals surface area contributed by atoms with E-state index in [1.54, 1.807) is 0 Å². The predicted molar refractivity (Wildman–Crippen MR) is 73.3 cm³/mol. The van der Waals surface area contributed by atoms with Gasteiger partial charge in [0, 0.05) is 18.5 Å². The van der Waals surface area contributed by atoms with Gasteiger partial charge in [-0.3, -0.25) is 4.79 Å². The first kappa shape index (κ1) is 13.1. The van der Waals surface area contributed by atoms with E-state index in [2.05, 4.69) is 24.4 Å². The lowest BCUT2D eigenvalue weighted by atomic mass is 9.75. The van der Waals surface area contributed by atoms with Gasteiger partial charge in [0.15, 0.2) is 0 Å². The number of hydrogen-bond acceptors (Lipinski definition) is 2. The molecular formula is C15H22N2O. The van der Waals surface area contributed by atoms with E-state index in [9.17, 15) is 4.79 Å². The maximum absolute atomic E-state index is 11.7. The molecule has 18 heavy (non-hydrogen) atoms. The minimum Gasteiger partial charge on any atom is -0.356 e. The van der Waals surface area contributed by atoms with E-state index < -0.39 is 0 Å². The Hall–Kier alpha value is -1.35. The Balaban J connectivity index is 1.72. The van der Waals surface area contributed by atoms with Crippen LogP contribution in [0.5, 0.6) is 0 Å². The van der Waals surface area contributed by atoms with Crippen molar-refractivity contribution in [1.82, 2.24) is 5.32 Å². The summed E-state index contributed by atoms with van der Waals surface area (Å²) in [6.45, 7) is 2.79. The maximum Gasteiger partial charge on any atom is 0.221 e. The van der Waals surface area contributed by atoms with Crippen molar-refractivity contribution >= 4 is 5.91 Å². The van der Waals surface area contributed by atoms with Gasteiger partial charge in [0.1, 0.15) is 0 Å². The second-order valence-corrected chi connectivity index (χ2v) is 5.42. The van der Waals surface area contributed by atoms with Gasteiger partial charge in [-0.15, -0.1) is 0 Å². The van der Waals surface area contributed by atoms with Crippen molar-refractivity contribution in [1.29, 1.82) is 0 Å². The van der Waals surface area contributed by atoms with Crippen LogP contribution in [-0.2, 0) is 11.2 Å². The van der Waals surface area contributed by atoms with Crippen LogP contribution in [0.4, 0.5) is 0 Å². The summed E-state index contributed by atoms with van der Waals surface area (Å²) in [5.74, 6) is 0.0887. The summed E-state index contributed by atoms with van der Waals surface area (Å²) >= 11 is 0. The molecule has 0 saturated heterocycles. The van der Waals surface area contributed by atoms with Crippen LogP contribution in [0.2, 0.25) is 0 Å². The Morgan fingerprint density at radius 2 is 2.11 bits per heavy atom. The van der Waals surface area contributed by atoms with Gasteiger partial charge >= 0.3 is 0 Å². The lowest BCUT2D eigenvalue weighted by molar-refractivity contribution is -0.122. The zero-order valence-electron chi connectivity index (χ0n) is 11.0. The highest BCUT2D eigenvalue weighted by molar-refractivity contribution is 5.77. The van der Waals surface area contributed by atoms with E-state index in [0.29, 0.717) is 13.0 Å². The van der Waals surface area contributed by atoms with E-state index in [4.69, 9.17) is 5.73 Å². The number of aryl methyl sites for hydroxylation is 1. The Kier molecular flexibility index (Phi) is 4.02. The molecular weight excluding hydrogens is 224 g/mol. The first-order chi connectivity index (χ1) is 8.59. The fraction of sp³-hybridized carbons (Fsp3) is 0.533. The highest BCUT2D eigenvalue weighted by Gasteiger charge is 2.34. The Labute approximate surface area is 109 Å². The van der Waals surface area contributed by atoms with Crippen LogP contribution in [-0.4, -0.2) is 18.0 Å². The van der Waals surface area contributed by atoms with Crippen LogP contribution in [0, 0.1) is 6.92 Å². The molecule has 2 rings (SSSR count). The van der Waals surface area contributed by atoms with Crippen molar-refractivity contribution < 1.29 is 4.79 Å². The second kappa shape index (κ2) is 5.53. The molecule has 0 unspecified atom stereocenters. The van der Waals surface area contributed by atoms with Gasteiger partial charge in [-0.05, 0) is 43.7 Å². The average molecular weight is 246 g/mol. The molecule has 0 aliphatic heterocycles. The third-order valence-electron chi connectivity index (χ3n) is 3.84. The summed E-state index contributed by atoms with van der Waals surface area (Å²) in [4.78, 5) is 11.7. The number of nitrogens with one attached hydrogen (secondary N) is 1. The average Bonchev–Trinajstić information content (AvgIpc) is 2.29. The molecule has 98 valence electrons. The molecule has 0 heterocycles. The normalized spacial score (nSPS) is 17.0. The third-order valence-corrected chi connectivity index (χ3v) is 3.84. The fourth-order valence-electron chi connectivity index (χ4n) is 2.42. The van der Waals surface area contributed by atoms with E-state index in [0.717, 1.165) is 25.7 Å². The molecule has 1 aliphatic carbocycles. The van der Waals surface area contributed by atoms with Crippen molar-refractivity contribution in [2.24, 2.45) is 5.73 Å². The molecule has 1 aromatic carbocycles. The van der Waals surface area contributed by atoms with Crippen molar-refractivity contribution in [3.63, 3.8) is 0 Å². The molecule has 3 nitrogen and oxygen atoms in total. The van der Waals surface area contributed by atoms with Crippen molar-refractivity contribution in [3.05, 3.63) is 35.4 Å². The largest absolute Gasteiger partial charge is 0.356 e. The Morgan fingerprint density at radius 1 is 1.39 bits per heavy atom. The molecule has 0 spiro atoms. The SMILES string of the molecule is Cc1ccccc1CCNC(=O)CC1(N)CCC1. The van der Waals surface area contributed by atoms with Gasteiger partial charge < -0.3 is 11.1 Å². The number of carbonyl (C=O) groups is 1. The first-order valence-corrected chi connectivity index (χ1v) is 6.69. The highest BCUT2D eigenvalue weighted by atomic mass is 16.1. The zero-order valence-corrected chi connectivity index (χ0v) is 11.0. The number of amides is 1. The van der Waals surface area contributed by atoms with Gasteiger partial charge in [-0.1, -0.05) is 24.3 Å². The third kappa shape index (κ3) is 3.33. The minimum absolute atomic E-state index is 0.0887. The molecule has 1 aromatic rings. The van der Waals surface area contributed by atoms with E-state index in [1.165, 1.54) is 11.1 Å². The van der Waals surface area contributed by atoms with Crippen LogP contribution in [0.25, 0.3) is 0 Å². The number of hydrogen-bond donors (Lipinski definition) is 2. The van der Waals surface area contributed by atoms with Crippen LogP contribution >= 0.6 is 0 Å². The van der Waals surface area contributed by atoms with E-state index >= 15 is 0 Å². The van der Waals surface area contributed by atoms with Gasteiger partial charge in [-0.2, -0.15) is 0 Å². The quantitative estimate of drug-likeness (QED) is 0.834. The summed E-state index contributed by atoms with van der Waals surface area (Å²) in [6, 6.07) is 8.28. The molecule has 1 saturated carbocycles. The smallest absolute Gasteiger partial charge is 0.221 e. The molecule has 1 fully saturated rings. The van der Waals surface area contributed by atoms with Crippen molar-refractivity contribution in [2.45, 2.75) is 44.6 Å². The Bertz CT molecular complexity index is 424. The number of carbonyl (C=O) groups excluding carboxylic acids is 1. The standard InChI is InChI=1S/C15H22N2O/c1-12-5-2-3-6-13(12)7-10-17-14(18)11-15(16)8-4-9-15/h2-3,5-6H,4,7-11,16H2,1H3,(H,17,18). The minimum atomic E-state index is -0.216. The predicted octanol–water partition coefficient (Wildman–Crippen LogP) is 1.93. The molecule has 3 heteroatoms. The van der Waals surface area contributed by atoms with Crippen LogP contribution in [0.1, 0.15) is 36.8 Å². The summed E-state index contributed by atoms with van der Waals surface area (Å²) in [5.41, 5.74) is 8.41. The molecule has 0 bridgehead atoms. The summed E-state index contributed by atoms with van der Waals surface area (Å²) < 4.78 is 0. The summed E-state index contributed by atoms with van der Waals surface area (Å²) in [6.07, 6.45) is 4.49. The van der Waals surface area contributed by atoms with E-state index in [-0.39, 0.29) is 11.4 Å². The van der Waals surface area contributed by atoms with Gasteiger partial charge in [-0.25, -0.2) is 0 Å². The monoisotopic (exact) mass is 246 g/mol. The summed E-state index contributed by atoms with van der Waals surface area (Å²) in [5, 5.41) is 2.96. The molecule has 0 aromatic heterocycles. The van der Waals surface area contributed by atoms with Crippen LogP contribution < -0.4 is 11.1 Å². The maximum atomic E-state index is 11.7. The lowest BCUT2D eigenvalue weighted by Gasteiger charge is -2.37. The van der Waals surface area contributed by atoms with Gasteiger partial charge in [0.2, 0.25) is 5.91 Å². The van der Waals surface area contributed by atoms with Gasteiger partial charge in [0.25, 0.3) is 0 Å². The molecule has 1 aliphatic rings. The fourth-order valence-corrected chi connectivity index (χ4v) is 2.42. The first-order valence-electron chi connectivity index (χ1n) is 6.69.